The maximum absolute atomic E-state index is 12.9. The molecule has 6 heteroatoms. The van der Waals surface area contributed by atoms with Crippen LogP contribution in [-0.2, 0) is 4.79 Å². The van der Waals surface area contributed by atoms with Crippen LogP contribution in [0.2, 0.25) is 0 Å². The van der Waals surface area contributed by atoms with Crippen LogP contribution < -0.4 is 10.9 Å². The van der Waals surface area contributed by atoms with E-state index in [1.54, 1.807) is 42.5 Å². The smallest absolute Gasteiger partial charge is 0.261 e. The van der Waals surface area contributed by atoms with Crippen LogP contribution in [0.15, 0.2) is 59.7 Å². The molecule has 3 aromatic rings. The fraction of sp³-hybridized carbons (Fsp3) is 0.238. The normalized spacial score (nSPS) is 12.1. The number of carbonyl (C=O) groups is 2. The lowest BCUT2D eigenvalue weighted by molar-refractivity contribution is -0.120. The van der Waals surface area contributed by atoms with Crippen molar-refractivity contribution >= 4 is 28.3 Å². The topological polar surface area (TPSA) is 81.1 Å². The van der Waals surface area contributed by atoms with Gasteiger partial charge in [0.2, 0.25) is 5.91 Å². The number of hydrogen-bond donors (Lipinski definition) is 1. The summed E-state index contributed by atoms with van der Waals surface area (Å²) in [7, 11) is 0. The number of aromatic nitrogens is 2. The number of fused-ring (bicyclic) bond motifs is 1. The molecule has 0 aliphatic heterocycles. The molecule has 0 saturated carbocycles. The minimum Gasteiger partial charge on any atom is -0.324 e. The predicted molar refractivity (Wildman–Crippen MR) is 105 cm³/mol. The number of benzene rings is 2. The summed E-state index contributed by atoms with van der Waals surface area (Å²) < 4.78 is 1.38. The van der Waals surface area contributed by atoms with Crippen molar-refractivity contribution in [1.82, 2.24) is 9.55 Å². The summed E-state index contributed by atoms with van der Waals surface area (Å²) >= 11 is 0. The molecule has 1 N–H and O–H groups in total. The first-order chi connectivity index (χ1) is 12.9. The highest BCUT2D eigenvalue weighted by atomic mass is 16.2. The van der Waals surface area contributed by atoms with Crippen molar-refractivity contribution in [2.75, 3.05) is 5.32 Å². The number of nitrogens with zero attached hydrogens (tertiary/aromatic N) is 2. The van der Waals surface area contributed by atoms with Gasteiger partial charge < -0.3 is 5.32 Å². The van der Waals surface area contributed by atoms with E-state index in [2.05, 4.69) is 10.3 Å². The van der Waals surface area contributed by atoms with Crippen molar-refractivity contribution in [2.45, 2.75) is 26.8 Å². The van der Waals surface area contributed by atoms with Gasteiger partial charge >= 0.3 is 0 Å². The Kier molecular flexibility index (Phi) is 5.16. The Balaban J connectivity index is 1.93. The van der Waals surface area contributed by atoms with E-state index >= 15 is 0 Å². The minimum atomic E-state index is -0.706. The molecule has 0 saturated heterocycles. The summed E-state index contributed by atoms with van der Waals surface area (Å²) in [6, 6.07) is 13.0. The molecule has 3 rings (SSSR count). The molecule has 1 unspecified atom stereocenters. The Hall–Kier alpha value is -3.28. The summed E-state index contributed by atoms with van der Waals surface area (Å²) in [5, 5.41) is 3.30. The third kappa shape index (κ3) is 3.79. The molecule has 1 heterocycles. The third-order valence-corrected chi connectivity index (χ3v) is 4.45. The summed E-state index contributed by atoms with van der Waals surface area (Å²) in [5.41, 5.74) is 1.49. The van der Waals surface area contributed by atoms with Gasteiger partial charge in [0, 0.05) is 11.3 Å². The first-order valence-corrected chi connectivity index (χ1v) is 8.76. The maximum atomic E-state index is 12.9. The molecule has 6 nitrogen and oxygen atoms in total. The van der Waals surface area contributed by atoms with E-state index in [-0.39, 0.29) is 23.2 Å². The summed E-state index contributed by atoms with van der Waals surface area (Å²) in [5.74, 6) is -0.469. The number of ketones is 1. The highest BCUT2D eigenvalue weighted by molar-refractivity contribution is 5.96. The number of Topliss-reactive ketones (excluding diaryl/α,β-unsaturated/α-hetero) is 1. The monoisotopic (exact) mass is 363 g/mol. The van der Waals surface area contributed by atoms with Crippen LogP contribution in [0.25, 0.3) is 10.9 Å². The van der Waals surface area contributed by atoms with Gasteiger partial charge in [-0.25, -0.2) is 4.98 Å². The van der Waals surface area contributed by atoms with Gasteiger partial charge in [0.05, 0.1) is 17.2 Å². The van der Waals surface area contributed by atoms with E-state index in [1.165, 1.54) is 17.8 Å². The first-order valence-electron chi connectivity index (χ1n) is 8.76. The zero-order valence-electron chi connectivity index (χ0n) is 15.5. The molecule has 0 aliphatic rings. The van der Waals surface area contributed by atoms with Gasteiger partial charge in [-0.1, -0.05) is 26.0 Å². The SMILES string of the molecule is CC(=O)c1ccc(NC(=O)C(C(C)C)n2cnc3ccccc3c2=O)cc1. The van der Waals surface area contributed by atoms with Gasteiger partial charge in [-0.05, 0) is 49.2 Å². The van der Waals surface area contributed by atoms with Gasteiger partial charge in [-0.2, -0.15) is 0 Å². The second kappa shape index (κ2) is 7.53. The van der Waals surface area contributed by atoms with E-state index in [4.69, 9.17) is 0 Å². The van der Waals surface area contributed by atoms with Crippen LogP contribution in [-0.4, -0.2) is 21.2 Å². The number of rotatable bonds is 5. The molecular weight excluding hydrogens is 342 g/mol. The molecule has 1 aromatic heterocycles. The zero-order valence-corrected chi connectivity index (χ0v) is 15.5. The second-order valence-corrected chi connectivity index (χ2v) is 6.79. The Morgan fingerprint density at radius 3 is 2.33 bits per heavy atom. The maximum Gasteiger partial charge on any atom is 0.261 e. The lowest BCUT2D eigenvalue weighted by Crippen LogP contribution is -2.36. The highest BCUT2D eigenvalue weighted by Gasteiger charge is 2.26. The van der Waals surface area contributed by atoms with Gasteiger partial charge in [-0.3, -0.25) is 19.0 Å². The zero-order chi connectivity index (χ0) is 19.6. The average molecular weight is 363 g/mol. The molecule has 0 radical (unpaired) electrons. The summed E-state index contributed by atoms with van der Waals surface area (Å²) in [6.45, 7) is 5.25. The molecule has 0 aliphatic carbocycles. The minimum absolute atomic E-state index is 0.0401. The molecule has 27 heavy (non-hydrogen) atoms. The fourth-order valence-electron chi connectivity index (χ4n) is 3.04. The average Bonchev–Trinajstić information content (AvgIpc) is 2.64. The van der Waals surface area contributed by atoms with E-state index in [0.29, 0.717) is 22.2 Å². The molecule has 0 bridgehead atoms. The number of hydrogen-bond acceptors (Lipinski definition) is 4. The van der Waals surface area contributed by atoms with Crippen molar-refractivity contribution in [1.29, 1.82) is 0 Å². The standard InChI is InChI=1S/C21H21N3O3/c1-13(2)19(20(26)23-16-10-8-15(9-11-16)14(3)25)24-12-22-18-7-5-4-6-17(18)21(24)27/h4-13,19H,1-3H3,(H,23,26). The largest absolute Gasteiger partial charge is 0.324 e. The number of carbonyl (C=O) groups excluding carboxylic acids is 2. The van der Waals surface area contributed by atoms with Gasteiger partial charge in [0.25, 0.3) is 5.56 Å². The molecule has 0 spiro atoms. The number of para-hydroxylation sites is 1. The van der Waals surface area contributed by atoms with Crippen molar-refractivity contribution in [3.63, 3.8) is 0 Å². The molecule has 138 valence electrons. The van der Waals surface area contributed by atoms with Crippen LogP contribution in [0.4, 0.5) is 5.69 Å². The van der Waals surface area contributed by atoms with Crippen LogP contribution >= 0.6 is 0 Å². The lowest BCUT2D eigenvalue weighted by atomic mass is 10.0. The fourth-order valence-corrected chi connectivity index (χ4v) is 3.04. The Labute approximate surface area is 156 Å². The molecule has 2 aromatic carbocycles. The number of anilines is 1. The van der Waals surface area contributed by atoms with Gasteiger partial charge in [0.1, 0.15) is 6.04 Å². The van der Waals surface area contributed by atoms with E-state index in [1.807, 2.05) is 19.9 Å². The molecule has 1 amide bonds. The highest BCUT2D eigenvalue weighted by Crippen LogP contribution is 2.20. The molecule has 1 atom stereocenters. The second-order valence-electron chi connectivity index (χ2n) is 6.79. The van der Waals surface area contributed by atoms with Gasteiger partial charge in [0.15, 0.2) is 5.78 Å². The quantitative estimate of drug-likeness (QED) is 0.704. The predicted octanol–water partition coefficient (Wildman–Crippen LogP) is 3.43. The van der Waals surface area contributed by atoms with Crippen molar-refractivity contribution < 1.29 is 9.59 Å². The van der Waals surface area contributed by atoms with Gasteiger partial charge in [-0.15, -0.1) is 0 Å². The van der Waals surface area contributed by atoms with Crippen LogP contribution in [0.5, 0.6) is 0 Å². The Bertz CT molecular complexity index is 1050. The van der Waals surface area contributed by atoms with Crippen molar-refractivity contribution in [3.05, 3.63) is 70.8 Å². The number of amides is 1. The summed E-state index contributed by atoms with van der Waals surface area (Å²) in [4.78, 5) is 41.4. The Morgan fingerprint density at radius 2 is 1.70 bits per heavy atom. The third-order valence-electron chi connectivity index (χ3n) is 4.45. The molecular formula is C21H21N3O3. The van der Waals surface area contributed by atoms with Crippen molar-refractivity contribution in [3.8, 4) is 0 Å². The van der Waals surface area contributed by atoms with Crippen LogP contribution in [0.1, 0.15) is 37.2 Å². The van der Waals surface area contributed by atoms with Crippen LogP contribution in [0.3, 0.4) is 0 Å². The summed E-state index contributed by atoms with van der Waals surface area (Å²) in [6.07, 6.45) is 1.42. The van der Waals surface area contributed by atoms with E-state index in [0.717, 1.165) is 0 Å². The van der Waals surface area contributed by atoms with E-state index < -0.39 is 6.04 Å². The first kappa shape index (κ1) is 18.5. The Morgan fingerprint density at radius 1 is 1.04 bits per heavy atom. The number of nitrogens with one attached hydrogen (secondary N) is 1. The van der Waals surface area contributed by atoms with Crippen LogP contribution in [0, 0.1) is 5.92 Å². The van der Waals surface area contributed by atoms with Crippen molar-refractivity contribution in [2.24, 2.45) is 5.92 Å². The lowest BCUT2D eigenvalue weighted by Gasteiger charge is -2.22. The molecule has 0 fully saturated rings. The van der Waals surface area contributed by atoms with E-state index in [9.17, 15) is 14.4 Å².